The van der Waals surface area contributed by atoms with Gasteiger partial charge in [0.1, 0.15) is 6.10 Å². The third-order valence-electron chi connectivity index (χ3n) is 6.23. The summed E-state index contributed by atoms with van der Waals surface area (Å²) in [5.41, 5.74) is -0.707. The molecule has 1 fully saturated rings. The molecule has 1 rings (SSSR count). The Morgan fingerprint density at radius 2 is 1.96 bits per heavy atom. The van der Waals surface area contributed by atoms with Crippen LogP contribution in [0.5, 0.6) is 0 Å². The van der Waals surface area contributed by atoms with Crippen LogP contribution in [0.3, 0.4) is 0 Å². The Morgan fingerprint density at radius 3 is 2.41 bits per heavy atom. The molecular formula is C20H39N3O4. The number of ether oxygens (including phenoxy) is 1. The first-order valence-electron chi connectivity index (χ1n) is 9.97. The van der Waals surface area contributed by atoms with Crippen LogP contribution in [0.2, 0.25) is 0 Å². The minimum absolute atomic E-state index is 0.0570. The molecule has 0 aromatic carbocycles. The summed E-state index contributed by atoms with van der Waals surface area (Å²) in [7, 11) is 3.42. The second kappa shape index (κ2) is 9.85. The van der Waals surface area contributed by atoms with Crippen molar-refractivity contribution < 1.29 is 19.2 Å². The van der Waals surface area contributed by atoms with Crippen molar-refractivity contribution in [3.63, 3.8) is 0 Å². The zero-order chi connectivity index (χ0) is 20.9. The molecule has 0 aromatic heterocycles. The van der Waals surface area contributed by atoms with Crippen LogP contribution in [0.15, 0.2) is 0 Å². The van der Waals surface area contributed by atoms with Gasteiger partial charge in [0.25, 0.3) is 0 Å². The van der Waals surface area contributed by atoms with Crippen LogP contribution in [0, 0.1) is 17.8 Å². The van der Waals surface area contributed by atoms with E-state index in [1.54, 1.807) is 14.1 Å². The van der Waals surface area contributed by atoms with E-state index in [0.29, 0.717) is 12.3 Å². The van der Waals surface area contributed by atoms with E-state index in [4.69, 9.17) is 15.5 Å². The predicted molar refractivity (Wildman–Crippen MR) is 106 cm³/mol. The van der Waals surface area contributed by atoms with E-state index in [0.717, 1.165) is 6.42 Å². The van der Waals surface area contributed by atoms with Crippen LogP contribution in [-0.2, 0) is 19.2 Å². The lowest BCUT2D eigenvalue weighted by Gasteiger charge is -2.51. The maximum atomic E-state index is 12.2. The third-order valence-corrected chi connectivity index (χ3v) is 6.23. The smallest absolute Gasteiger partial charge is 0.224 e. The SMILES string of the molecule is CCC(C)C(C)C1OC(C)(C(CC(=O)N(C)C)ON)CC(C)C1NC(C)=O. The molecular weight excluding hydrogens is 346 g/mol. The van der Waals surface area contributed by atoms with Crippen molar-refractivity contribution >= 4 is 11.8 Å². The van der Waals surface area contributed by atoms with Gasteiger partial charge in [-0.1, -0.05) is 34.1 Å². The summed E-state index contributed by atoms with van der Waals surface area (Å²) in [4.78, 5) is 30.8. The van der Waals surface area contributed by atoms with Gasteiger partial charge in [0.05, 0.1) is 24.2 Å². The average molecular weight is 386 g/mol. The van der Waals surface area contributed by atoms with E-state index in [2.05, 4.69) is 33.0 Å². The average Bonchev–Trinajstić information content (AvgIpc) is 2.59. The summed E-state index contributed by atoms with van der Waals surface area (Å²) < 4.78 is 6.59. The monoisotopic (exact) mass is 385 g/mol. The number of nitrogens with one attached hydrogen (secondary N) is 1. The summed E-state index contributed by atoms with van der Waals surface area (Å²) in [6, 6.07) is -0.0810. The Morgan fingerprint density at radius 1 is 1.37 bits per heavy atom. The molecule has 1 aliphatic rings. The van der Waals surface area contributed by atoms with E-state index >= 15 is 0 Å². The number of rotatable bonds is 8. The minimum Gasteiger partial charge on any atom is -0.367 e. The Labute approximate surface area is 164 Å². The Hall–Kier alpha value is -1.18. The lowest BCUT2D eigenvalue weighted by Crippen LogP contribution is -2.63. The van der Waals surface area contributed by atoms with Crippen molar-refractivity contribution in [2.24, 2.45) is 23.7 Å². The van der Waals surface area contributed by atoms with Crippen LogP contribution in [0.1, 0.15) is 60.8 Å². The summed E-state index contributed by atoms with van der Waals surface area (Å²) in [6.45, 7) is 12.1. The summed E-state index contributed by atoms with van der Waals surface area (Å²) >= 11 is 0. The molecule has 2 amide bonds. The Kier molecular flexibility index (Phi) is 8.70. The number of nitrogens with zero attached hydrogens (tertiary/aromatic N) is 1. The molecule has 7 heteroatoms. The molecule has 0 radical (unpaired) electrons. The second-order valence-electron chi connectivity index (χ2n) is 8.66. The minimum atomic E-state index is -0.707. The number of amides is 2. The van der Waals surface area contributed by atoms with Crippen molar-refractivity contribution in [1.82, 2.24) is 10.2 Å². The molecule has 7 unspecified atom stereocenters. The van der Waals surface area contributed by atoms with Crippen molar-refractivity contribution in [3.05, 3.63) is 0 Å². The summed E-state index contributed by atoms with van der Waals surface area (Å²) in [5.74, 6) is 6.30. The molecule has 0 aromatic rings. The predicted octanol–water partition coefficient (Wildman–Crippen LogP) is 2.09. The van der Waals surface area contributed by atoms with Crippen molar-refractivity contribution in [2.45, 2.75) is 84.7 Å². The first kappa shape index (κ1) is 23.9. The summed E-state index contributed by atoms with van der Waals surface area (Å²) in [6.07, 6.45) is 1.09. The molecule has 0 saturated carbocycles. The van der Waals surface area contributed by atoms with Gasteiger partial charge in [-0.15, -0.1) is 0 Å². The topological polar surface area (TPSA) is 93.9 Å². The van der Waals surface area contributed by atoms with Gasteiger partial charge < -0.3 is 15.0 Å². The number of carbonyl (C=O) groups is 2. The first-order chi connectivity index (χ1) is 12.5. The van der Waals surface area contributed by atoms with Crippen LogP contribution < -0.4 is 11.2 Å². The number of hydrogen-bond donors (Lipinski definition) is 2. The van der Waals surface area contributed by atoms with E-state index in [9.17, 15) is 9.59 Å². The molecule has 3 N–H and O–H groups in total. The van der Waals surface area contributed by atoms with Crippen LogP contribution >= 0.6 is 0 Å². The fraction of sp³-hybridized carbons (Fsp3) is 0.900. The molecule has 1 aliphatic heterocycles. The first-order valence-corrected chi connectivity index (χ1v) is 9.97. The highest BCUT2D eigenvalue weighted by Gasteiger charge is 2.50. The summed E-state index contributed by atoms with van der Waals surface area (Å²) in [5, 5.41) is 3.08. The van der Waals surface area contributed by atoms with E-state index in [1.807, 2.05) is 6.92 Å². The Bertz CT molecular complexity index is 513. The second-order valence-corrected chi connectivity index (χ2v) is 8.66. The van der Waals surface area contributed by atoms with Crippen molar-refractivity contribution in [3.8, 4) is 0 Å². The zero-order valence-corrected chi connectivity index (χ0v) is 18.2. The molecule has 7 atom stereocenters. The van der Waals surface area contributed by atoms with Gasteiger partial charge in [0.2, 0.25) is 11.8 Å². The molecule has 0 aliphatic carbocycles. The molecule has 27 heavy (non-hydrogen) atoms. The third kappa shape index (κ3) is 5.90. The molecule has 1 saturated heterocycles. The van der Waals surface area contributed by atoms with Gasteiger partial charge in [-0.3, -0.25) is 14.4 Å². The maximum Gasteiger partial charge on any atom is 0.224 e. The van der Waals surface area contributed by atoms with Gasteiger partial charge in [0.15, 0.2) is 0 Å². The highest BCUT2D eigenvalue weighted by atomic mass is 16.6. The van der Waals surface area contributed by atoms with E-state index < -0.39 is 11.7 Å². The van der Waals surface area contributed by atoms with Gasteiger partial charge >= 0.3 is 0 Å². The highest BCUT2D eigenvalue weighted by molar-refractivity contribution is 5.76. The van der Waals surface area contributed by atoms with Crippen LogP contribution in [-0.4, -0.2) is 54.7 Å². The molecule has 7 nitrogen and oxygen atoms in total. The molecule has 0 spiro atoms. The highest BCUT2D eigenvalue weighted by Crippen LogP contribution is 2.41. The van der Waals surface area contributed by atoms with Crippen molar-refractivity contribution in [2.75, 3.05) is 14.1 Å². The van der Waals surface area contributed by atoms with Crippen LogP contribution in [0.4, 0.5) is 0 Å². The largest absolute Gasteiger partial charge is 0.367 e. The van der Waals surface area contributed by atoms with Gasteiger partial charge in [-0.2, -0.15) is 0 Å². The van der Waals surface area contributed by atoms with Gasteiger partial charge in [-0.25, -0.2) is 5.90 Å². The molecule has 0 bridgehead atoms. The Balaban J connectivity index is 3.16. The molecule has 1 heterocycles. The number of nitrogens with two attached hydrogens (primary N) is 1. The fourth-order valence-corrected chi connectivity index (χ4v) is 4.07. The van der Waals surface area contributed by atoms with Crippen molar-refractivity contribution in [1.29, 1.82) is 0 Å². The lowest BCUT2D eigenvalue weighted by molar-refractivity contribution is -0.224. The number of carbonyl (C=O) groups excluding carboxylic acids is 2. The van der Waals surface area contributed by atoms with Gasteiger partial charge in [-0.05, 0) is 31.1 Å². The molecule has 158 valence electrons. The maximum absolute atomic E-state index is 12.2. The normalized spacial score (nSPS) is 31.7. The van der Waals surface area contributed by atoms with E-state index in [-0.39, 0.29) is 42.2 Å². The lowest BCUT2D eigenvalue weighted by atomic mass is 9.73. The zero-order valence-electron chi connectivity index (χ0n) is 18.2. The quantitative estimate of drug-likeness (QED) is 0.624. The van der Waals surface area contributed by atoms with Gasteiger partial charge in [0, 0.05) is 21.0 Å². The van der Waals surface area contributed by atoms with E-state index in [1.165, 1.54) is 11.8 Å². The van der Waals surface area contributed by atoms with Crippen LogP contribution in [0.25, 0.3) is 0 Å². The number of hydrogen-bond acceptors (Lipinski definition) is 5. The standard InChI is InChI=1S/C20H39N3O4/c1-9-12(2)14(4)19-18(22-15(5)24)13(3)11-20(6,26-19)16(27-21)10-17(25)23(7)8/h12-14,16,18-19H,9-11,21H2,1-8H3,(H,22,24). The fourth-order valence-electron chi connectivity index (χ4n) is 4.07.